The number of hydrogen-bond acceptors (Lipinski definition) is 5. The fourth-order valence-corrected chi connectivity index (χ4v) is 2.94. The first-order chi connectivity index (χ1) is 17.1. The Bertz CT molecular complexity index is 1290. The molecule has 0 spiro atoms. The molecule has 11 heteroatoms. The quantitative estimate of drug-likeness (QED) is 0.259. The van der Waals surface area contributed by atoms with Gasteiger partial charge in [0, 0.05) is 16.9 Å². The number of nitrogens with zero attached hydrogens (tertiary/aromatic N) is 1. The van der Waals surface area contributed by atoms with Gasteiger partial charge in [0.1, 0.15) is 5.75 Å². The summed E-state index contributed by atoms with van der Waals surface area (Å²) in [4.78, 5) is 36.2. The van der Waals surface area contributed by atoms with Crippen LogP contribution in [0.3, 0.4) is 0 Å². The van der Waals surface area contributed by atoms with E-state index in [2.05, 4.69) is 21.2 Å². The lowest BCUT2D eigenvalue weighted by Crippen LogP contribution is -2.32. The van der Waals surface area contributed by atoms with Crippen molar-refractivity contribution in [3.05, 3.63) is 89.5 Å². The minimum Gasteiger partial charge on any atom is -0.483 e. The molecule has 0 saturated carbocycles. The molecule has 0 aliphatic rings. The SMILES string of the molecule is Cc1ccccc1NC(=O)C(=O)N/N=C\c1ccccc1OCC(=O)Nc1cccc(C(F)(F)F)c1. The minimum absolute atomic E-state index is 0.0278. The van der Waals surface area contributed by atoms with Crippen molar-refractivity contribution < 1.29 is 32.3 Å². The molecule has 0 bridgehead atoms. The maximum absolute atomic E-state index is 12.8. The molecule has 0 radical (unpaired) electrons. The van der Waals surface area contributed by atoms with Gasteiger partial charge in [0.25, 0.3) is 5.91 Å². The highest BCUT2D eigenvalue weighted by Crippen LogP contribution is 2.30. The van der Waals surface area contributed by atoms with Gasteiger partial charge in [0.2, 0.25) is 0 Å². The first kappa shape index (κ1) is 25.9. The van der Waals surface area contributed by atoms with Gasteiger partial charge in [-0.25, -0.2) is 5.43 Å². The maximum Gasteiger partial charge on any atom is 0.416 e. The van der Waals surface area contributed by atoms with Gasteiger partial charge in [0.05, 0.1) is 11.8 Å². The molecular weight excluding hydrogens is 477 g/mol. The van der Waals surface area contributed by atoms with Crippen molar-refractivity contribution in [3.8, 4) is 5.75 Å². The Labute approximate surface area is 204 Å². The number of rotatable bonds is 7. The summed E-state index contributed by atoms with van der Waals surface area (Å²) in [6, 6.07) is 17.6. The minimum atomic E-state index is -4.54. The Balaban J connectivity index is 1.55. The van der Waals surface area contributed by atoms with Gasteiger partial charge in [-0.3, -0.25) is 14.4 Å². The van der Waals surface area contributed by atoms with Crippen LogP contribution in [0.15, 0.2) is 77.9 Å². The molecule has 8 nitrogen and oxygen atoms in total. The second-order valence-electron chi connectivity index (χ2n) is 7.42. The summed E-state index contributed by atoms with van der Waals surface area (Å²) in [6.45, 7) is 1.29. The molecule has 0 saturated heterocycles. The molecule has 0 aromatic heterocycles. The Kier molecular flexibility index (Phi) is 8.39. The van der Waals surface area contributed by atoms with Crippen LogP contribution in [0.25, 0.3) is 0 Å². The third-order valence-corrected chi connectivity index (χ3v) is 4.72. The number of hydrazone groups is 1. The van der Waals surface area contributed by atoms with Crippen LogP contribution in [0.2, 0.25) is 0 Å². The van der Waals surface area contributed by atoms with Crippen LogP contribution in [0, 0.1) is 6.92 Å². The summed E-state index contributed by atoms with van der Waals surface area (Å²) in [7, 11) is 0. The van der Waals surface area contributed by atoms with Crippen molar-refractivity contribution in [1.82, 2.24) is 5.43 Å². The highest BCUT2D eigenvalue weighted by Gasteiger charge is 2.30. The Morgan fingerprint density at radius 1 is 0.917 bits per heavy atom. The number of nitrogens with one attached hydrogen (secondary N) is 3. The number of amides is 3. The zero-order valence-corrected chi connectivity index (χ0v) is 18.9. The van der Waals surface area contributed by atoms with E-state index in [1.54, 1.807) is 49.4 Å². The van der Waals surface area contributed by atoms with Gasteiger partial charge in [0.15, 0.2) is 6.61 Å². The van der Waals surface area contributed by atoms with E-state index in [-0.39, 0.29) is 11.4 Å². The fraction of sp³-hybridized carbons (Fsp3) is 0.120. The molecule has 0 aliphatic carbocycles. The van der Waals surface area contributed by atoms with Crippen molar-refractivity contribution in [1.29, 1.82) is 0 Å². The summed E-state index contributed by atoms with van der Waals surface area (Å²) in [5, 5.41) is 8.56. The van der Waals surface area contributed by atoms with Gasteiger partial charge in [-0.15, -0.1) is 0 Å². The van der Waals surface area contributed by atoms with Crippen LogP contribution < -0.4 is 20.8 Å². The topological polar surface area (TPSA) is 109 Å². The molecule has 3 aromatic rings. The van der Waals surface area contributed by atoms with Crippen molar-refractivity contribution in [2.45, 2.75) is 13.1 Å². The number of carbonyl (C=O) groups excluding carboxylic acids is 3. The second-order valence-corrected chi connectivity index (χ2v) is 7.42. The molecule has 3 N–H and O–H groups in total. The van der Waals surface area contributed by atoms with E-state index in [1.807, 2.05) is 0 Å². The number of para-hydroxylation sites is 2. The molecule has 186 valence electrons. The van der Waals surface area contributed by atoms with E-state index in [9.17, 15) is 27.6 Å². The molecular formula is C25H21F3N4O4. The standard InChI is InChI=1S/C25H21F3N4O4/c1-16-7-2-4-11-20(16)31-23(34)24(35)32-29-14-17-8-3-5-12-21(17)36-15-22(33)30-19-10-6-9-18(13-19)25(26,27)28/h2-14H,15H2,1H3,(H,30,33)(H,31,34)(H,32,35)/b29-14-. The largest absolute Gasteiger partial charge is 0.483 e. The van der Waals surface area contributed by atoms with Gasteiger partial charge in [-0.1, -0.05) is 36.4 Å². The third kappa shape index (κ3) is 7.42. The average molecular weight is 498 g/mol. The van der Waals surface area contributed by atoms with Crippen LogP contribution in [-0.4, -0.2) is 30.5 Å². The number of hydrogen-bond donors (Lipinski definition) is 3. The van der Waals surface area contributed by atoms with E-state index in [1.165, 1.54) is 24.4 Å². The fourth-order valence-electron chi connectivity index (χ4n) is 2.94. The number of halogens is 3. The van der Waals surface area contributed by atoms with Crippen LogP contribution in [-0.2, 0) is 20.6 Å². The second kappa shape index (κ2) is 11.6. The first-order valence-electron chi connectivity index (χ1n) is 10.5. The zero-order chi connectivity index (χ0) is 26.1. The van der Waals surface area contributed by atoms with E-state index >= 15 is 0 Å². The van der Waals surface area contributed by atoms with E-state index in [0.717, 1.165) is 17.7 Å². The van der Waals surface area contributed by atoms with Crippen molar-refractivity contribution in [2.24, 2.45) is 5.10 Å². The van der Waals surface area contributed by atoms with Crippen LogP contribution in [0.1, 0.15) is 16.7 Å². The summed E-state index contributed by atoms with van der Waals surface area (Å²) < 4.78 is 43.9. The summed E-state index contributed by atoms with van der Waals surface area (Å²) in [5.41, 5.74) is 2.84. The average Bonchev–Trinajstić information content (AvgIpc) is 2.84. The number of anilines is 2. The molecule has 0 unspecified atom stereocenters. The summed E-state index contributed by atoms with van der Waals surface area (Å²) in [6.07, 6.45) is -3.31. The van der Waals surface area contributed by atoms with Gasteiger partial charge < -0.3 is 15.4 Å². The predicted molar refractivity (Wildman–Crippen MR) is 128 cm³/mol. The summed E-state index contributed by atoms with van der Waals surface area (Å²) >= 11 is 0. The maximum atomic E-state index is 12.8. The number of alkyl halides is 3. The Hall–Kier alpha value is -4.67. The molecule has 0 atom stereocenters. The Morgan fingerprint density at radius 3 is 2.39 bits per heavy atom. The molecule has 0 fully saturated rings. The van der Waals surface area contributed by atoms with Crippen molar-refractivity contribution >= 4 is 35.3 Å². The smallest absolute Gasteiger partial charge is 0.416 e. The lowest BCUT2D eigenvalue weighted by Gasteiger charge is -2.11. The molecule has 0 heterocycles. The monoisotopic (exact) mass is 498 g/mol. The highest BCUT2D eigenvalue weighted by atomic mass is 19.4. The highest BCUT2D eigenvalue weighted by molar-refractivity contribution is 6.39. The van der Waals surface area contributed by atoms with E-state index < -0.39 is 36.1 Å². The lowest BCUT2D eigenvalue weighted by molar-refractivity contribution is -0.137. The third-order valence-electron chi connectivity index (χ3n) is 4.72. The first-order valence-corrected chi connectivity index (χ1v) is 10.5. The van der Waals surface area contributed by atoms with Crippen molar-refractivity contribution in [3.63, 3.8) is 0 Å². The van der Waals surface area contributed by atoms with Crippen LogP contribution >= 0.6 is 0 Å². The zero-order valence-electron chi connectivity index (χ0n) is 18.9. The van der Waals surface area contributed by atoms with Crippen LogP contribution in [0.4, 0.5) is 24.5 Å². The molecule has 3 amide bonds. The lowest BCUT2D eigenvalue weighted by atomic mass is 10.2. The molecule has 36 heavy (non-hydrogen) atoms. The van der Waals surface area contributed by atoms with Gasteiger partial charge in [-0.2, -0.15) is 18.3 Å². The number of benzene rings is 3. The number of aryl methyl sites for hydroxylation is 1. The van der Waals surface area contributed by atoms with Gasteiger partial charge in [-0.05, 0) is 48.9 Å². The normalized spacial score (nSPS) is 11.1. The Morgan fingerprint density at radius 2 is 1.64 bits per heavy atom. The predicted octanol–water partition coefficient (Wildman–Crippen LogP) is 4.12. The van der Waals surface area contributed by atoms with Gasteiger partial charge >= 0.3 is 18.0 Å². The summed E-state index contributed by atoms with van der Waals surface area (Å²) in [5.74, 6) is -2.35. The van der Waals surface area contributed by atoms with Crippen LogP contribution in [0.5, 0.6) is 5.75 Å². The van der Waals surface area contributed by atoms with E-state index in [0.29, 0.717) is 11.3 Å². The molecule has 3 rings (SSSR count). The number of ether oxygens (including phenoxy) is 1. The molecule has 0 aliphatic heterocycles. The van der Waals surface area contributed by atoms with E-state index in [4.69, 9.17) is 4.74 Å². The molecule has 3 aromatic carbocycles. The van der Waals surface area contributed by atoms with Crippen molar-refractivity contribution in [2.75, 3.05) is 17.2 Å². The number of carbonyl (C=O) groups is 3.